The molecule has 0 aliphatic carbocycles. The summed E-state index contributed by atoms with van der Waals surface area (Å²) in [5.74, 6) is 0.745. The van der Waals surface area contributed by atoms with E-state index >= 15 is 0 Å². The highest BCUT2D eigenvalue weighted by Gasteiger charge is 2.19. The van der Waals surface area contributed by atoms with Crippen molar-refractivity contribution in [3.63, 3.8) is 0 Å². The van der Waals surface area contributed by atoms with Crippen LogP contribution in [0.3, 0.4) is 0 Å². The Labute approximate surface area is 222 Å². The van der Waals surface area contributed by atoms with Gasteiger partial charge in [0.05, 0.1) is 35.4 Å². The molecule has 2 aromatic heterocycles. The van der Waals surface area contributed by atoms with Crippen molar-refractivity contribution in [1.29, 1.82) is 0 Å². The molecule has 1 amide bonds. The number of ether oxygens (including phenoxy) is 1. The molecule has 196 valence electrons. The van der Waals surface area contributed by atoms with E-state index in [-0.39, 0.29) is 5.91 Å². The number of nitrogens with one attached hydrogen (secondary N) is 3. The fourth-order valence-electron chi connectivity index (χ4n) is 4.98. The van der Waals surface area contributed by atoms with Crippen LogP contribution in [0.4, 0.5) is 23.0 Å². The molecule has 0 spiro atoms. The lowest BCUT2D eigenvalue weighted by atomic mass is 10.0. The number of benzene rings is 2. The third-order valence-electron chi connectivity index (χ3n) is 6.87. The average molecular weight is 512 g/mol. The first-order valence-corrected chi connectivity index (χ1v) is 12.7. The molecule has 0 saturated heterocycles. The molecule has 5 rings (SSSR count). The SMILES string of the molecule is C=CC(=O)Nc1cc(Nc2nccc(-c3cn4c5c(cccc35)CCC4)n2)c(OC)cc1N(C)CCNC. The molecule has 0 fully saturated rings. The minimum atomic E-state index is -0.296. The molecule has 1 aliphatic heterocycles. The summed E-state index contributed by atoms with van der Waals surface area (Å²) in [5, 5.41) is 10.6. The molecule has 3 N–H and O–H groups in total. The van der Waals surface area contributed by atoms with Crippen LogP contribution >= 0.6 is 0 Å². The van der Waals surface area contributed by atoms with Crippen LogP contribution in [0.15, 0.2) is 61.4 Å². The maximum atomic E-state index is 12.2. The van der Waals surface area contributed by atoms with Crippen molar-refractivity contribution >= 4 is 39.8 Å². The first-order chi connectivity index (χ1) is 18.5. The largest absolute Gasteiger partial charge is 0.494 e. The van der Waals surface area contributed by atoms with Crippen molar-refractivity contribution in [3.8, 4) is 17.0 Å². The second kappa shape index (κ2) is 10.9. The number of hydrogen-bond acceptors (Lipinski definition) is 7. The topological polar surface area (TPSA) is 96.3 Å². The molecule has 9 heteroatoms. The van der Waals surface area contributed by atoms with E-state index in [0.29, 0.717) is 23.1 Å². The zero-order valence-corrected chi connectivity index (χ0v) is 22.0. The molecular formula is C29H33N7O2. The zero-order valence-electron chi connectivity index (χ0n) is 22.0. The second-order valence-corrected chi connectivity index (χ2v) is 9.33. The Morgan fingerprint density at radius 2 is 2.13 bits per heavy atom. The minimum absolute atomic E-state index is 0.296. The van der Waals surface area contributed by atoms with Crippen LogP contribution in [0, 0.1) is 0 Å². The van der Waals surface area contributed by atoms with Gasteiger partial charge in [-0.3, -0.25) is 4.79 Å². The average Bonchev–Trinajstić information content (AvgIpc) is 3.32. The van der Waals surface area contributed by atoms with Crippen molar-refractivity contribution in [1.82, 2.24) is 19.9 Å². The van der Waals surface area contributed by atoms with Crippen LogP contribution in [0.2, 0.25) is 0 Å². The van der Waals surface area contributed by atoms with Crippen LogP contribution in [0.25, 0.3) is 22.2 Å². The van der Waals surface area contributed by atoms with Crippen LogP contribution < -0.4 is 25.6 Å². The van der Waals surface area contributed by atoms with E-state index in [2.05, 4.69) is 61.4 Å². The van der Waals surface area contributed by atoms with E-state index in [9.17, 15) is 4.79 Å². The van der Waals surface area contributed by atoms with Crippen molar-refractivity contribution in [3.05, 3.63) is 67.0 Å². The second-order valence-electron chi connectivity index (χ2n) is 9.33. The number of anilines is 4. The van der Waals surface area contributed by atoms with Crippen LogP contribution in [-0.2, 0) is 17.8 Å². The van der Waals surface area contributed by atoms with Crippen molar-refractivity contribution in [2.24, 2.45) is 0 Å². The highest BCUT2D eigenvalue weighted by molar-refractivity contribution is 6.02. The van der Waals surface area contributed by atoms with E-state index in [4.69, 9.17) is 9.72 Å². The van der Waals surface area contributed by atoms with Gasteiger partial charge in [0.15, 0.2) is 0 Å². The molecule has 3 heterocycles. The summed E-state index contributed by atoms with van der Waals surface area (Å²) in [4.78, 5) is 23.6. The van der Waals surface area contributed by atoms with Crippen LogP contribution in [0.5, 0.6) is 5.75 Å². The van der Waals surface area contributed by atoms with Gasteiger partial charge >= 0.3 is 0 Å². The van der Waals surface area contributed by atoms with Crippen molar-refractivity contribution in [2.75, 3.05) is 49.8 Å². The maximum Gasteiger partial charge on any atom is 0.247 e. The number of rotatable bonds is 10. The van der Waals surface area contributed by atoms with Gasteiger partial charge in [0, 0.05) is 56.1 Å². The molecule has 2 aromatic carbocycles. The van der Waals surface area contributed by atoms with E-state index in [1.807, 2.05) is 32.3 Å². The van der Waals surface area contributed by atoms with Crippen molar-refractivity contribution in [2.45, 2.75) is 19.4 Å². The number of carbonyl (C=O) groups is 1. The van der Waals surface area contributed by atoms with E-state index < -0.39 is 0 Å². The van der Waals surface area contributed by atoms with Gasteiger partial charge in [-0.1, -0.05) is 24.8 Å². The van der Waals surface area contributed by atoms with Gasteiger partial charge in [-0.2, -0.15) is 0 Å². The normalized spacial score (nSPS) is 12.3. The third-order valence-corrected chi connectivity index (χ3v) is 6.87. The predicted octanol–water partition coefficient (Wildman–Crippen LogP) is 4.58. The van der Waals surface area contributed by atoms with Gasteiger partial charge in [0.2, 0.25) is 11.9 Å². The van der Waals surface area contributed by atoms with Gasteiger partial charge < -0.3 is 30.2 Å². The van der Waals surface area contributed by atoms with Gasteiger partial charge in [-0.15, -0.1) is 0 Å². The van der Waals surface area contributed by atoms with Gasteiger partial charge in [-0.05, 0) is 43.7 Å². The Hall–Kier alpha value is -4.37. The molecule has 4 aromatic rings. The number of para-hydroxylation sites is 1. The summed E-state index contributed by atoms with van der Waals surface area (Å²) < 4.78 is 8.05. The predicted molar refractivity (Wildman–Crippen MR) is 154 cm³/mol. The smallest absolute Gasteiger partial charge is 0.247 e. The van der Waals surface area contributed by atoms with Crippen LogP contribution in [0.1, 0.15) is 12.0 Å². The van der Waals surface area contributed by atoms with E-state index in [0.717, 1.165) is 49.4 Å². The first kappa shape index (κ1) is 25.3. The van der Waals surface area contributed by atoms with E-state index in [1.54, 1.807) is 13.3 Å². The lowest BCUT2D eigenvalue weighted by molar-refractivity contribution is -0.111. The summed E-state index contributed by atoms with van der Waals surface area (Å²) in [6, 6.07) is 12.2. The molecule has 0 saturated carbocycles. The number of carbonyl (C=O) groups excluding carboxylic acids is 1. The number of nitrogens with zero attached hydrogens (tertiary/aromatic N) is 4. The fourth-order valence-corrected chi connectivity index (χ4v) is 4.98. The summed E-state index contributed by atoms with van der Waals surface area (Å²) in [7, 11) is 5.49. The molecule has 0 unspecified atom stereocenters. The summed E-state index contributed by atoms with van der Waals surface area (Å²) >= 11 is 0. The van der Waals surface area contributed by atoms with Gasteiger partial charge in [-0.25, -0.2) is 9.97 Å². The zero-order chi connectivity index (χ0) is 26.6. The molecule has 9 nitrogen and oxygen atoms in total. The molecule has 0 radical (unpaired) electrons. The highest BCUT2D eigenvalue weighted by atomic mass is 16.5. The Morgan fingerprint density at radius 3 is 2.92 bits per heavy atom. The molecule has 0 atom stereocenters. The maximum absolute atomic E-state index is 12.2. The number of amides is 1. The third kappa shape index (κ3) is 4.92. The number of likely N-dealkylation sites (N-methyl/N-ethyl adjacent to an activating group) is 2. The Balaban J connectivity index is 1.51. The Morgan fingerprint density at radius 1 is 1.26 bits per heavy atom. The number of aryl methyl sites for hydroxylation is 2. The summed E-state index contributed by atoms with van der Waals surface area (Å²) in [6.07, 6.45) is 7.44. The van der Waals surface area contributed by atoms with Gasteiger partial charge in [0.1, 0.15) is 5.75 Å². The minimum Gasteiger partial charge on any atom is -0.494 e. The number of methoxy groups -OCH3 is 1. The molecule has 38 heavy (non-hydrogen) atoms. The van der Waals surface area contributed by atoms with Gasteiger partial charge in [0.25, 0.3) is 0 Å². The fraction of sp³-hybridized carbons (Fsp3) is 0.276. The Kier molecular flexibility index (Phi) is 7.28. The lowest BCUT2D eigenvalue weighted by Gasteiger charge is -2.24. The Bertz CT molecular complexity index is 1490. The van der Waals surface area contributed by atoms with E-state index in [1.165, 1.54) is 22.5 Å². The molecular weight excluding hydrogens is 478 g/mol. The van der Waals surface area contributed by atoms with Crippen LogP contribution in [-0.4, -0.2) is 54.7 Å². The lowest BCUT2D eigenvalue weighted by Crippen LogP contribution is -2.28. The monoisotopic (exact) mass is 511 g/mol. The quantitative estimate of drug-likeness (QED) is 0.268. The van der Waals surface area contributed by atoms with Crippen molar-refractivity contribution < 1.29 is 9.53 Å². The molecule has 1 aliphatic rings. The number of aromatic nitrogens is 3. The summed E-state index contributed by atoms with van der Waals surface area (Å²) in [6.45, 7) is 6.12. The number of hydrogen-bond donors (Lipinski definition) is 3. The highest BCUT2D eigenvalue weighted by Crippen LogP contribution is 2.39. The molecule has 0 bridgehead atoms. The summed E-state index contributed by atoms with van der Waals surface area (Å²) in [5.41, 5.74) is 6.69. The first-order valence-electron chi connectivity index (χ1n) is 12.7. The standard InChI is InChI=1S/C29H33N7O2/c1-5-27(37)32-23-16-24(26(38-4)17-25(23)35(3)15-13-30-2)34-29-31-12-11-22(33-29)21-18-36-14-7-9-19-8-6-10-20(21)28(19)36/h5-6,8,10-12,16-18,30H,1,7,9,13-15H2,2-4H3,(H,32,37)(H,31,33,34).